The highest BCUT2D eigenvalue weighted by Gasteiger charge is 2.22. The van der Waals surface area contributed by atoms with E-state index in [1.54, 1.807) is 0 Å². The van der Waals surface area contributed by atoms with Crippen LogP contribution in [0.25, 0.3) is 10.8 Å². The highest BCUT2D eigenvalue weighted by atomic mass is 14.9. The first-order valence-corrected chi connectivity index (χ1v) is 7.29. The number of rotatable bonds is 2. The molecule has 3 heteroatoms. The molecular weight excluding hydrogens is 258 g/mol. The van der Waals surface area contributed by atoms with E-state index in [4.69, 9.17) is 5.73 Å². The quantitative estimate of drug-likeness (QED) is 0.697. The van der Waals surface area contributed by atoms with Crippen LogP contribution in [0.15, 0.2) is 54.9 Å². The molecule has 1 aliphatic carbocycles. The van der Waals surface area contributed by atoms with E-state index >= 15 is 0 Å². The lowest BCUT2D eigenvalue weighted by molar-refractivity contribution is 0.763. The molecule has 2 aromatic carbocycles. The number of nitrogens with two attached hydrogens (primary N) is 1. The molecule has 0 amide bonds. The van der Waals surface area contributed by atoms with E-state index in [1.807, 2.05) is 24.5 Å². The van der Waals surface area contributed by atoms with Gasteiger partial charge in [-0.15, -0.1) is 0 Å². The van der Waals surface area contributed by atoms with Crippen molar-refractivity contribution in [1.82, 2.24) is 4.98 Å². The number of nitrogens with one attached hydrogen (secondary N) is 1. The number of benzene rings is 2. The summed E-state index contributed by atoms with van der Waals surface area (Å²) in [6, 6.07) is 15.0. The molecule has 21 heavy (non-hydrogen) atoms. The van der Waals surface area contributed by atoms with Gasteiger partial charge >= 0.3 is 0 Å². The van der Waals surface area contributed by atoms with Gasteiger partial charge in [-0.25, -0.2) is 0 Å². The van der Waals surface area contributed by atoms with Crippen LogP contribution < -0.4 is 11.1 Å². The van der Waals surface area contributed by atoms with Crippen molar-refractivity contribution in [2.75, 3.05) is 11.1 Å². The van der Waals surface area contributed by atoms with Crippen molar-refractivity contribution >= 4 is 22.1 Å². The van der Waals surface area contributed by atoms with E-state index < -0.39 is 0 Å². The van der Waals surface area contributed by atoms with Gasteiger partial charge in [0.25, 0.3) is 0 Å². The maximum atomic E-state index is 5.87. The fourth-order valence-corrected chi connectivity index (χ4v) is 3.21. The van der Waals surface area contributed by atoms with Crippen molar-refractivity contribution in [3.05, 3.63) is 66.0 Å². The average molecular weight is 275 g/mol. The van der Waals surface area contributed by atoms with Crippen molar-refractivity contribution < 1.29 is 0 Å². The fraction of sp³-hybridized carbons (Fsp3) is 0.167. The number of aromatic nitrogens is 1. The summed E-state index contributed by atoms with van der Waals surface area (Å²) >= 11 is 0. The molecule has 3 nitrogen and oxygen atoms in total. The first-order valence-electron chi connectivity index (χ1n) is 7.29. The van der Waals surface area contributed by atoms with E-state index in [2.05, 4.69) is 40.6 Å². The molecule has 0 radical (unpaired) electrons. The van der Waals surface area contributed by atoms with Crippen molar-refractivity contribution in [3.63, 3.8) is 0 Å². The summed E-state index contributed by atoms with van der Waals surface area (Å²) in [5, 5.41) is 6.06. The average Bonchev–Trinajstić information content (AvgIpc) is 2.90. The zero-order chi connectivity index (χ0) is 14.2. The third kappa shape index (κ3) is 2.11. The van der Waals surface area contributed by atoms with Crippen LogP contribution in [-0.4, -0.2) is 4.98 Å². The van der Waals surface area contributed by atoms with E-state index in [-0.39, 0.29) is 0 Å². The monoisotopic (exact) mass is 275 g/mol. The van der Waals surface area contributed by atoms with Gasteiger partial charge in [0.2, 0.25) is 0 Å². The Kier molecular flexibility index (Phi) is 2.78. The Morgan fingerprint density at radius 1 is 1.14 bits per heavy atom. The van der Waals surface area contributed by atoms with Crippen molar-refractivity contribution in [2.45, 2.75) is 18.9 Å². The second-order valence-electron chi connectivity index (χ2n) is 5.60. The third-order valence-electron chi connectivity index (χ3n) is 4.26. The van der Waals surface area contributed by atoms with E-state index in [1.165, 1.54) is 21.9 Å². The zero-order valence-electron chi connectivity index (χ0n) is 11.7. The van der Waals surface area contributed by atoms with Crippen LogP contribution in [0.5, 0.6) is 0 Å². The summed E-state index contributed by atoms with van der Waals surface area (Å²) in [6.07, 6.45) is 5.95. The summed E-state index contributed by atoms with van der Waals surface area (Å²) in [4.78, 5) is 4.25. The number of hydrogen-bond donors (Lipinski definition) is 2. The van der Waals surface area contributed by atoms with Crippen LogP contribution in [0.2, 0.25) is 0 Å². The summed E-state index contributed by atoms with van der Waals surface area (Å²) in [6.45, 7) is 0. The molecule has 0 aliphatic heterocycles. The van der Waals surface area contributed by atoms with Gasteiger partial charge in [-0.3, -0.25) is 4.98 Å². The molecule has 3 N–H and O–H groups in total. The van der Waals surface area contributed by atoms with Crippen LogP contribution in [0.3, 0.4) is 0 Å². The number of fused-ring (bicyclic) bond motifs is 2. The van der Waals surface area contributed by atoms with Gasteiger partial charge in [0.05, 0.1) is 6.04 Å². The molecule has 1 aliphatic rings. The van der Waals surface area contributed by atoms with Gasteiger partial charge in [0.1, 0.15) is 0 Å². The van der Waals surface area contributed by atoms with E-state index in [0.717, 1.165) is 24.2 Å². The Morgan fingerprint density at radius 3 is 3.05 bits per heavy atom. The van der Waals surface area contributed by atoms with Crippen LogP contribution in [0.4, 0.5) is 11.4 Å². The standard InChI is InChI=1S/C18H17N3/c19-14-5-6-15-13(10-14)4-7-18(15)21-17-3-1-2-12-8-9-20-11-16(12)17/h1-3,5-6,8-11,18,21H,4,7,19H2. The minimum Gasteiger partial charge on any atom is -0.399 e. The maximum Gasteiger partial charge on any atom is 0.0519 e. The summed E-state index contributed by atoms with van der Waals surface area (Å²) < 4.78 is 0. The number of pyridine rings is 1. The molecular formula is C18H17N3. The van der Waals surface area contributed by atoms with Gasteiger partial charge in [-0.1, -0.05) is 18.2 Å². The van der Waals surface area contributed by atoms with Gasteiger partial charge < -0.3 is 11.1 Å². The van der Waals surface area contributed by atoms with Crippen molar-refractivity contribution in [3.8, 4) is 0 Å². The molecule has 0 bridgehead atoms. The van der Waals surface area contributed by atoms with Crippen LogP contribution in [0, 0.1) is 0 Å². The lowest BCUT2D eigenvalue weighted by Gasteiger charge is -2.17. The van der Waals surface area contributed by atoms with Crippen LogP contribution in [-0.2, 0) is 6.42 Å². The first kappa shape index (κ1) is 12.2. The molecule has 1 heterocycles. The van der Waals surface area contributed by atoms with Gasteiger partial charge in [-0.05, 0) is 53.6 Å². The normalized spacial score (nSPS) is 16.9. The predicted molar refractivity (Wildman–Crippen MR) is 87.3 cm³/mol. The predicted octanol–water partition coefficient (Wildman–Crippen LogP) is 3.92. The molecule has 0 saturated heterocycles. The topological polar surface area (TPSA) is 50.9 Å². The molecule has 1 atom stereocenters. The largest absolute Gasteiger partial charge is 0.399 e. The molecule has 1 unspecified atom stereocenters. The number of nitrogen functional groups attached to an aromatic ring is 1. The Labute approximate surface area is 123 Å². The van der Waals surface area contributed by atoms with Gasteiger partial charge in [-0.2, -0.15) is 0 Å². The van der Waals surface area contributed by atoms with Gasteiger partial charge in [0.15, 0.2) is 0 Å². The smallest absolute Gasteiger partial charge is 0.0519 e. The molecule has 3 aromatic rings. The highest BCUT2D eigenvalue weighted by Crippen LogP contribution is 2.36. The SMILES string of the molecule is Nc1ccc2c(c1)CCC2Nc1cccc2ccncc12. The Balaban J connectivity index is 1.71. The number of nitrogens with zero attached hydrogens (tertiary/aromatic N) is 1. The van der Waals surface area contributed by atoms with Crippen LogP contribution in [0.1, 0.15) is 23.6 Å². The van der Waals surface area contributed by atoms with Crippen LogP contribution >= 0.6 is 0 Å². The second kappa shape index (κ2) is 4.77. The van der Waals surface area contributed by atoms with E-state index in [9.17, 15) is 0 Å². The number of anilines is 2. The molecule has 1 aromatic heterocycles. The summed E-state index contributed by atoms with van der Waals surface area (Å²) in [7, 11) is 0. The zero-order valence-corrected chi connectivity index (χ0v) is 11.7. The fourth-order valence-electron chi connectivity index (χ4n) is 3.21. The lowest BCUT2D eigenvalue weighted by atomic mass is 10.1. The molecule has 104 valence electrons. The number of aryl methyl sites for hydroxylation is 1. The maximum absolute atomic E-state index is 5.87. The minimum absolute atomic E-state index is 0.353. The Bertz CT molecular complexity index is 805. The minimum atomic E-state index is 0.353. The Hall–Kier alpha value is -2.55. The molecule has 0 fully saturated rings. The van der Waals surface area contributed by atoms with Crippen molar-refractivity contribution in [2.24, 2.45) is 0 Å². The molecule has 0 saturated carbocycles. The lowest BCUT2D eigenvalue weighted by Crippen LogP contribution is -2.07. The number of hydrogen-bond acceptors (Lipinski definition) is 3. The first-order chi connectivity index (χ1) is 10.3. The third-order valence-corrected chi connectivity index (χ3v) is 4.26. The second-order valence-corrected chi connectivity index (χ2v) is 5.60. The molecule has 0 spiro atoms. The highest BCUT2D eigenvalue weighted by molar-refractivity contribution is 5.93. The molecule has 4 rings (SSSR count). The van der Waals surface area contributed by atoms with Crippen molar-refractivity contribution in [1.29, 1.82) is 0 Å². The van der Waals surface area contributed by atoms with Gasteiger partial charge in [0, 0.05) is 29.2 Å². The summed E-state index contributed by atoms with van der Waals surface area (Å²) in [5.41, 5.74) is 10.6. The van der Waals surface area contributed by atoms with E-state index in [0.29, 0.717) is 6.04 Å². The Morgan fingerprint density at radius 2 is 2.10 bits per heavy atom. The summed E-state index contributed by atoms with van der Waals surface area (Å²) in [5.74, 6) is 0.